The molecular weight excluding hydrogens is 469 g/mol. The van der Waals surface area contributed by atoms with Crippen molar-refractivity contribution in [3.8, 4) is 0 Å². The van der Waals surface area contributed by atoms with E-state index in [1.54, 1.807) is 18.2 Å². The normalized spacial score (nSPS) is 15.8. The predicted octanol–water partition coefficient (Wildman–Crippen LogP) is 6.48. The highest BCUT2D eigenvalue weighted by Gasteiger charge is 2.31. The van der Waals surface area contributed by atoms with Crippen molar-refractivity contribution < 1.29 is 9.53 Å². The summed E-state index contributed by atoms with van der Waals surface area (Å²) in [6.45, 7) is 5.19. The summed E-state index contributed by atoms with van der Waals surface area (Å²) in [6.07, 6.45) is 2.80. The Morgan fingerprint density at radius 1 is 1.16 bits per heavy atom. The first-order valence-corrected chi connectivity index (χ1v) is 12.1. The molecule has 0 unspecified atom stereocenters. The maximum atomic E-state index is 12.4. The zero-order valence-electron chi connectivity index (χ0n) is 18.0. The van der Waals surface area contributed by atoms with Gasteiger partial charge in [0.25, 0.3) is 0 Å². The number of nitrogens with zero attached hydrogens (tertiary/aromatic N) is 2. The van der Waals surface area contributed by atoms with Crippen molar-refractivity contribution in [1.29, 1.82) is 0 Å². The van der Waals surface area contributed by atoms with Crippen LogP contribution in [0.2, 0.25) is 10.0 Å². The van der Waals surface area contributed by atoms with Crippen LogP contribution < -0.4 is 5.32 Å². The van der Waals surface area contributed by atoms with Crippen LogP contribution in [0.3, 0.4) is 0 Å². The summed E-state index contributed by atoms with van der Waals surface area (Å²) >= 11 is 13.7. The summed E-state index contributed by atoms with van der Waals surface area (Å²) in [6, 6.07) is 12.8. The minimum atomic E-state index is -0.274. The van der Waals surface area contributed by atoms with Crippen LogP contribution in [0.5, 0.6) is 0 Å². The van der Waals surface area contributed by atoms with E-state index < -0.39 is 0 Å². The number of likely N-dealkylation sites (tertiary alicyclic amines) is 1. The fraction of sp³-hybridized carbons (Fsp3) is 0.435. The third-order valence-corrected chi connectivity index (χ3v) is 7.18. The van der Waals surface area contributed by atoms with Crippen molar-refractivity contribution in [1.82, 2.24) is 4.90 Å². The molecule has 0 aromatic heterocycles. The molecule has 1 aliphatic heterocycles. The van der Waals surface area contributed by atoms with E-state index in [-0.39, 0.29) is 17.1 Å². The molecule has 0 atom stereocenters. The lowest BCUT2D eigenvalue weighted by molar-refractivity contribution is -0.143. The monoisotopic (exact) mass is 495 g/mol. The van der Waals surface area contributed by atoms with Crippen LogP contribution in [-0.2, 0) is 16.0 Å². The number of hydrogen-bond acceptors (Lipinski definition) is 7. The van der Waals surface area contributed by atoms with Gasteiger partial charge in [0.05, 0.1) is 28.8 Å². The second-order valence-corrected chi connectivity index (χ2v) is 10.2. The number of piperidine rings is 1. The summed E-state index contributed by atoms with van der Waals surface area (Å²) in [5.41, 5.74) is 2.18. The van der Waals surface area contributed by atoms with E-state index >= 15 is 0 Å². The summed E-state index contributed by atoms with van der Waals surface area (Å²) in [7, 11) is 0. The molecule has 0 aliphatic carbocycles. The van der Waals surface area contributed by atoms with Gasteiger partial charge in [-0.25, -0.2) is 0 Å². The summed E-state index contributed by atoms with van der Waals surface area (Å²) in [4.78, 5) is 25.3. The number of rotatable bonds is 10. The number of para-hydroxylation sites is 2. The Morgan fingerprint density at radius 2 is 1.84 bits per heavy atom. The Kier molecular flexibility index (Phi) is 9.22. The van der Waals surface area contributed by atoms with Crippen LogP contribution in [0.4, 0.5) is 11.4 Å². The highest BCUT2D eigenvalue weighted by molar-refractivity contribution is 7.99. The molecule has 0 amide bonds. The molecule has 6 nitrogen and oxygen atoms in total. The fourth-order valence-corrected chi connectivity index (χ4v) is 4.70. The summed E-state index contributed by atoms with van der Waals surface area (Å²) < 4.78 is 8.40. The van der Waals surface area contributed by atoms with E-state index in [0.717, 1.165) is 62.1 Å². The molecule has 2 aromatic rings. The highest BCUT2D eigenvalue weighted by atomic mass is 35.5. The molecule has 172 valence electrons. The van der Waals surface area contributed by atoms with Gasteiger partial charge in [-0.1, -0.05) is 47.5 Å². The molecule has 1 saturated heterocycles. The van der Waals surface area contributed by atoms with E-state index in [4.69, 9.17) is 27.9 Å². The first kappa shape index (κ1) is 24.8. The number of ether oxygens (including phenoxy) is 1. The van der Waals surface area contributed by atoms with E-state index in [0.29, 0.717) is 22.3 Å². The molecule has 1 aliphatic rings. The van der Waals surface area contributed by atoms with Crippen molar-refractivity contribution in [3.63, 3.8) is 0 Å². The Balaban J connectivity index is 1.44. The van der Waals surface area contributed by atoms with Gasteiger partial charge in [0.2, 0.25) is 0 Å². The second kappa shape index (κ2) is 11.9. The van der Waals surface area contributed by atoms with Crippen molar-refractivity contribution >= 4 is 52.5 Å². The van der Waals surface area contributed by atoms with Crippen LogP contribution >= 0.6 is 35.1 Å². The summed E-state index contributed by atoms with van der Waals surface area (Å²) in [5, 5.41) is 4.25. The molecule has 0 radical (unpaired) electrons. The second-order valence-electron chi connectivity index (χ2n) is 8.09. The Hall–Kier alpha value is -1.80. The number of benzene rings is 2. The van der Waals surface area contributed by atoms with Crippen LogP contribution in [-0.4, -0.2) is 41.9 Å². The van der Waals surface area contributed by atoms with E-state index in [9.17, 15) is 9.70 Å². The topological polar surface area (TPSA) is 71.0 Å². The van der Waals surface area contributed by atoms with E-state index in [1.165, 1.54) is 0 Å². The van der Waals surface area contributed by atoms with Gasteiger partial charge < -0.3 is 15.0 Å². The predicted molar refractivity (Wildman–Crippen MR) is 133 cm³/mol. The van der Waals surface area contributed by atoms with Gasteiger partial charge >= 0.3 is 5.97 Å². The Morgan fingerprint density at radius 3 is 2.53 bits per heavy atom. The van der Waals surface area contributed by atoms with Crippen molar-refractivity contribution in [2.24, 2.45) is 4.58 Å². The van der Waals surface area contributed by atoms with Gasteiger partial charge in [-0.3, -0.25) is 4.79 Å². The molecule has 1 N–H and O–H groups in total. The number of carbonyl (C=O) groups is 1. The Bertz CT molecular complexity index is 916. The lowest BCUT2D eigenvalue weighted by Gasteiger charge is -2.36. The van der Waals surface area contributed by atoms with Crippen LogP contribution in [0.25, 0.3) is 0 Å². The molecule has 3 rings (SSSR count). The molecule has 0 spiro atoms. The lowest BCUT2D eigenvalue weighted by atomic mass is 9.98. The van der Waals surface area contributed by atoms with Crippen molar-refractivity contribution in [2.75, 3.05) is 31.6 Å². The molecule has 1 heterocycles. The van der Waals surface area contributed by atoms with Crippen LogP contribution in [0.15, 0.2) is 47.0 Å². The number of nitrogens with one attached hydrogen (secondary N) is 1. The highest BCUT2D eigenvalue weighted by Crippen LogP contribution is 2.36. The maximum absolute atomic E-state index is 12.4. The molecule has 1 fully saturated rings. The van der Waals surface area contributed by atoms with Gasteiger partial charge in [-0.2, -0.15) is 0 Å². The van der Waals surface area contributed by atoms with Crippen molar-refractivity contribution in [2.45, 2.75) is 37.4 Å². The van der Waals surface area contributed by atoms with Gasteiger partial charge in [0.1, 0.15) is 0 Å². The largest absolute Gasteiger partial charge is 0.465 e. The smallest absolute Gasteiger partial charge is 0.310 e. The SMILES string of the molecule is CC1(SN=O)CCN(CCCOC(=O)Cc2ccccc2Nc2c(Cl)cccc2Cl)CC1. The zero-order valence-corrected chi connectivity index (χ0v) is 20.3. The van der Waals surface area contributed by atoms with Gasteiger partial charge in [0, 0.05) is 33.5 Å². The standard InChI is InChI=1S/C23H27Cl2N3O3S/c1-23(32-27-30)10-13-28(14-11-23)12-5-15-31-21(29)16-17-6-2-3-9-20(17)26-22-18(24)7-4-8-19(22)25/h2-4,6-9,26H,5,10-16H2,1H3. The fourth-order valence-electron chi connectivity index (χ4n) is 3.66. The third-order valence-electron chi connectivity index (χ3n) is 5.63. The maximum Gasteiger partial charge on any atom is 0.310 e. The number of anilines is 2. The average molecular weight is 496 g/mol. The number of carbonyl (C=O) groups excluding carboxylic acids is 1. The first-order chi connectivity index (χ1) is 15.4. The van der Waals surface area contributed by atoms with E-state index in [1.807, 2.05) is 24.3 Å². The number of hydrogen-bond donors (Lipinski definition) is 1. The number of nitroso groups, excluding NO2 is 1. The molecule has 9 heteroatoms. The minimum absolute atomic E-state index is 0.0552. The molecular formula is C23H27Cl2N3O3S. The molecule has 2 aromatic carbocycles. The lowest BCUT2D eigenvalue weighted by Crippen LogP contribution is -2.41. The van der Waals surface area contributed by atoms with Gasteiger partial charge in [-0.15, -0.1) is 4.91 Å². The third kappa shape index (κ3) is 7.10. The van der Waals surface area contributed by atoms with Crippen LogP contribution in [0, 0.1) is 4.91 Å². The quantitative estimate of drug-likeness (QED) is 0.176. The Labute approximate surface area is 203 Å². The van der Waals surface area contributed by atoms with Gasteiger partial charge in [0.15, 0.2) is 0 Å². The number of esters is 1. The minimum Gasteiger partial charge on any atom is -0.465 e. The summed E-state index contributed by atoms with van der Waals surface area (Å²) in [5.74, 6) is -0.274. The average Bonchev–Trinajstić information content (AvgIpc) is 2.76. The van der Waals surface area contributed by atoms with Gasteiger partial charge in [-0.05, 0) is 63.0 Å². The van der Waals surface area contributed by atoms with Crippen molar-refractivity contribution in [3.05, 3.63) is 63.0 Å². The number of halogens is 2. The first-order valence-electron chi connectivity index (χ1n) is 10.6. The van der Waals surface area contributed by atoms with Crippen LogP contribution in [0.1, 0.15) is 31.7 Å². The molecule has 32 heavy (non-hydrogen) atoms. The zero-order chi connectivity index (χ0) is 23.0. The molecule has 0 bridgehead atoms. The molecule has 0 saturated carbocycles. The van der Waals surface area contributed by atoms with E-state index in [2.05, 4.69) is 21.7 Å².